The monoisotopic (exact) mass is 729 g/mol. The van der Waals surface area contributed by atoms with Gasteiger partial charge in [0.25, 0.3) is 0 Å². The van der Waals surface area contributed by atoms with E-state index in [-0.39, 0.29) is 11.6 Å². The summed E-state index contributed by atoms with van der Waals surface area (Å²) in [6.45, 7) is 2.84. The summed E-state index contributed by atoms with van der Waals surface area (Å²) < 4.78 is 20.2. The molecular formula is C25H18BrI2NO4. The number of hydrogen-bond acceptors (Lipinski definition) is 5. The van der Waals surface area contributed by atoms with E-state index < -0.39 is 5.97 Å². The van der Waals surface area contributed by atoms with Crippen molar-refractivity contribution in [3.05, 3.63) is 94.7 Å². The number of rotatable bonds is 7. The molecule has 0 aliphatic carbocycles. The van der Waals surface area contributed by atoms with E-state index in [1.54, 1.807) is 6.08 Å². The predicted octanol–water partition coefficient (Wildman–Crippen LogP) is 6.98. The molecule has 0 N–H and O–H groups in total. The lowest BCUT2D eigenvalue weighted by molar-refractivity contribution is -0.129. The van der Waals surface area contributed by atoms with Gasteiger partial charge in [0.05, 0.1) is 15.7 Å². The van der Waals surface area contributed by atoms with Crippen LogP contribution in [0, 0.1) is 7.14 Å². The molecule has 4 rings (SSSR count). The lowest BCUT2D eigenvalue weighted by Crippen LogP contribution is -2.06. The first-order chi connectivity index (χ1) is 15.9. The van der Waals surface area contributed by atoms with Crippen molar-refractivity contribution >= 4 is 79.1 Å². The number of halogens is 3. The minimum absolute atomic E-state index is 0.228. The van der Waals surface area contributed by atoms with Crippen molar-refractivity contribution in [3.63, 3.8) is 0 Å². The molecule has 0 unspecified atom stereocenters. The molecule has 3 aromatic rings. The lowest BCUT2D eigenvalue weighted by atomic mass is 10.1. The summed E-state index contributed by atoms with van der Waals surface area (Å²) >= 11 is 7.97. The highest BCUT2D eigenvalue weighted by molar-refractivity contribution is 14.1. The highest BCUT2D eigenvalue weighted by atomic mass is 127. The minimum atomic E-state index is -0.493. The summed E-state index contributed by atoms with van der Waals surface area (Å²) in [5.74, 6) is 1.07. The second-order valence-corrected chi connectivity index (χ2v) is 10.3. The van der Waals surface area contributed by atoms with E-state index in [0.717, 1.165) is 28.3 Å². The van der Waals surface area contributed by atoms with Gasteiger partial charge < -0.3 is 14.2 Å². The van der Waals surface area contributed by atoms with Gasteiger partial charge >= 0.3 is 5.97 Å². The maximum atomic E-state index is 12.4. The van der Waals surface area contributed by atoms with Crippen LogP contribution in [0.25, 0.3) is 6.08 Å². The molecule has 0 radical (unpaired) electrons. The van der Waals surface area contributed by atoms with Gasteiger partial charge in [-0.1, -0.05) is 24.3 Å². The molecule has 0 saturated heterocycles. The number of carbonyl (C=O) groups is 1. The Morgan fingerprint density at radius 1 is 1.06 bits per heavy atom. The van der Waals surface area contributed by atoms with E-state index in [0.29, 0.717) is 24.7 Å². The molecule has 8 heteroatoms. The number of ether oxygens (including phenoxy) is 3. The van der Waals surface area contributed by atoms with Gasteiger partial charge in [0, 0.05) is 8.04 Å². The van der Waals surface area contributed by atoms with Gasteiger partial charge in [-0.25, -0.2) is 9.79 Å². The summed E-state index contributed by atoms with van der Waals surface area (Å²) in [6.07, 6.45) is 1.69. The van der Waals surface area contributed by atoms with Crippen LogP contribution in [0.2, 0.25) is 0 Å². The number of benzene rings is 3. The predicted molar refractivity (Wildman–Crippen MR) is 149 cm³/mol. The molecule has 1 aliphatic heterocycles. The van der Waals surface area contributed by atoms with Gasteiger partial charge in [-0.3, -0.25) is 0 Å². The number of cyclic esters (lactones) is 1. The number of aliphatic imine (C=N–C) groups is 1. The average molecular weight is 730 g/mol. The van der Waals surface area contributed by atoms with Crippen molar-refractivity contribution in [2.75, 3.05) is 6.61 Å². The van der Waals surface area contributed by atoms with Crippen molar-refractivity contribution in [1.29, 1.82) is 0 Å². The number of carbonyl (C=O) groups excluding carboxylic acids is 1. The van der Waals surface area contributed by atoms with Crippen LogP contribution in [0.15, 0.2) is 75.8 Å². The van der Waals surface area contributed by atoms with Crippen LogP contribution in [0.5, 0.6) is 11.5 Å². The molecule has 0 spiro atoms. The largest absolute Gasteiger partial charge is 0.490 e. The van der Waals surface area contributed by atoms with Gasteiger partial charge in [-0.05, 0) is 122 Å². The zero-order valence-electron chi connectivity index (χ0n) is 17.5. The minimum Gasteiger partial charge on any atom is -0.490 e. The van der Waals surface area contributed by atoms with Crippen LogP contribution < -0.4 is 9.47 Å². The van der Waals surface area contributed by atoms with Crippen LogP contribution in [0.4, 0.5) is 0 Å². The average Bonchev–Trinajstić information content (AvgIpc) is 3.13. The fourth-order valence-corrected chi connectivity index (χ4v) is 5.02. The fraction of sp³-hybridized carbons (Fsp3) is 0.120. The van der Waals surface area contributed by atoms with Gasteiger partial charge in [-0.2, -0.15) is 0 Å². The summed E-state index contributed by atoms with van der Waals surface area (Å²) in [7, 11) is 0. The third-order valence-corrected chi connectivity index (χ3v) is 6.80. The molecule has 3 aromatic carbocycles. The third-order valence-electron chi connectivity index (χ3n) is 4.63. The zero-order chi connectivity index (χ0) is 23.4. The maximum absolute atomic E-state index is 12.4. The van der Waals surface area contributed by atoms with E-state index in [1.165, 1.54) is 0 Å². The first-order valence-corrected chi connectivity index (χ1v) is 13.0. The Bertz CT molecular complexity index is 1270. The fourth-order valence-electron chi connectivity index (χ4n) is 3.17. The Hall–Kier alpha value is -1.92. The smallest absolute Gasteiger partial charge is 0.363 e. The van der Waals surface area contributed by atoms with Crippen LogP contribution in [-0.2, 0) is 16.1 Å². The Labute approximate surface area is 227 Å². The van der Waals surface area contributed by atoms with E-state index in [1.807, 2.05) is 61.5 Å². The summed E-state index contributed by atoms with van der Waals surface area (Å²) in [5, 5.41) is 0. The molecule has 0 aromatic heterocycles. The van der Waals surface area contributed by atoms with Gasteiger partial charge in [0.15, 0.2) is 17.2 Å². The molecule has 168 valence electrons. The second-order valence-electron chi connectivity index (χ2n) is 7.00. The molecular weight excluding hydrogens is 712 g/mol. The first-order valence-electron chi connectivity index (χ1n) is 10.1. The Morgan fingerprint density at radius 3 is 2.64 bits per heavy atom. The third kappa shape index (κ3) is 5.96. The standard InChI is InChI=1S/C25H18BrI2NO4/c1-2-31-22-13-16(11-20(28)23(22)32-14-15-6-5-7-17(27)10-15)12-21-25(30)33-24(29-21)18-8-3-4-9-19(18)26/h3-13H,2,14H2,1H3/b21-12-. The lowest BCUT2D eigenvalue weighted by Gasteiger charge is -2.15. The maximum Gasteiger partial charge on any atom is 0.363 e. The normalized spacial score (nSPS) is 14.2. The molecule has 33 heavy (non-hydrogen) atoms. The van der Waals surface area contributed by atoms with Crippen LogP contribution in [0.1, 0.15) is 23.6 Å². The van der Waals surface area contributed by atoms with E-state index in [9.17, 15) is 4.79 Å². The molecule has 0 saturated carbocycles. The highest BCUT2D eigenvalue weighted by Gasteiger charge is 2.25. The molecule has 0 fully saturated rings. The van der Waals surface area contributed by atoms with Crippen LogP contribution in [-0.4, -0.2) is 18.5 Å². The molecule has 0 bridgehead atoms. The molecule has 0 atom stereocenters. The topological polar surface area (TPSA) is 57.1 Å². The molecule has 5 nitrogen and oxygen atoms in total. The van der Waals surface area contributed by atoms with Crippen molar-refractivity contribution in [2.45, 2.75) is 13.5 Å². The Kier molecular flexibility index (Phi) is 8.07. The summed E-state index contributed by atoms with van der Waals surface area (Å²) in [6, 6.07) is 19.4. The SMILES string of the molecule is CCOc1cc(/C=C2\N=C(c3ccccc3Br)OC2=O)cc(I)c1OCc1cccc(I)c1. The van der Waals surface area contributed by atoms with Crippen LogP contribution >= 0.6 is 61.1 Å². The summed E-state index contributed by atoms with van der Waals surface area (Å²) in [5.41, 5.74) is 2.80. The van der Waals surface area contributed by atoms with E-state index >= 15 is 0 Å². The van der Waals surface area contributed by atoms with Crippen molar-refractivity contribution in [3.8, 4) is 11.5 Å². The first kappa shape index (κ1) is 24.2. The Morgan fingerprint density at radius 2 is 1.88 bits per heavy atom. The molecule has 1 heterocycles. The number of nitrogens with zero attached hydrogens (tertiary/aromatic N) is 1. The van der Waals surface area contributed by atoms with Gasteiger partial charge in [0.1, 0.15) is 6.61 Å². The second kappa shape index (κ2) is 11.0. The van der Waals surface area contributed by atoms with Crippen molar-refractivity contribution < 1.29 is 19.0 Å². The van der Waals surface area contributed by atoms with Crippen LogP contribution in [0.3, 0.4) is 0 Å². The highest BCUT2D eigenvalue weighted by Crippen LogP contribution is 2.36. The molecule has 1 aliphatic rings. The van der Waals surface area contributed by atoms with E-state index in [2.05, 4.69) is 72.2 Å². The van der Waals surface area contributed by atoms with Gasteiger partial charge in [0.2, 0.25) is 5.90 Å². The van der Waals surface area contributed by atoms with E-state index in [4.69, 9.17) is 14.2 Å². The Balaban J connectivity index is 1.62. The molecule has 0 amide bonds. The summed E-state index contributed by atoms with van der Waals surface area (Å²) in [4.78, 5) is 16.9. The van der Waals surface area contributed by atoms with Crippen molar-refractivity contribution in [2.24, 2.45) is 4.99 Å². The number of hydrogen-bond donors (Lipinski definition) is 0. The van der Waals surface area contributed by atoms with Gasteiger partial charge in [-0.15, -0.1) is 0 Å². The number of esters is 1. The van der Waals surface area contributed by atoms with Crippen molar-refractivity contribution in [1.82, 2.24) is 0 Å². The zero-order valence-corrected chi connectivity index (χ0v) is 23.4. The quantitative estimate of drug-likeness (QED) is 0.150.